The van der Waals surface area contributed by atoms with E-state index in [1.54, 1.807) is 43.3 Å². The minimum absolute atomic E-state index is 0.0158. The Labute approximate surface area is 138 Å². The van der Waals surface area contributed by atoms with E-state index >= 15 is 0 Å². The van der Waals surface area contributed by atoms with E-state index in [0.717, 1.165) is 11.3 Å². The Morgan fingerprint density at radius 2 is 1.96 bits per heavy atom. The number of anilines is 1. The summed E-state index contributed by atoms with van der Waals surface area (Å²) in [4.78, 5) is 16.2. The molecule has 7 nitrogen and oxygen atoms in total. The maximum atomic E-state index is 12.0. The molecule has 3 N–H and O–H groups in total. The van der Waals surface area contributed by atoms with E-state index in [9.17, 15) is 9.90 Å². The molecule has 0 spiro atoms. The summed E-state index contributed by atoms with van der Waals surface area (Å²) in [6.07, 6.45) is 0. The lowest BCUT2D eigenvalue weighted by Crippen LogP contribution is -2.34. The third kappa shape index (κ3) is 3.07. The third-order valence-electron chi connectivity index (χ3n) is 3.79. The van der Waals surface area contributed by atoms with E-state index in [0.29, 0.717) is 11.5 Å². The second-order valence-corrected chi connectivity index (χ2v) is 5.91. The van der Waals surface area contributed by atoms with Gasteiger partial charge in [0.25, 0.3) is 11.4 Å². The van der Waals surface area contributed by atoms with Crippen molar-refractivity contribution in [2.24, 2.45) is 0 Å². The van der Waals surface area contributed by atoms with Crippen LogP contribution in [0, 0.1) is 6.92 Å². The number of nitrogens with two attached hydrogens (primary N) is 1. The summed E-state index contributed by atoms with van der Waals surface area (Å²) >= 11 is 0. The highest BCUT2D eigenvalue weighted by Crippen LogP contribution is 2.24. The van der Waals surface area contributed by atoms with Crippen molar-refractivity contribution in [2.75, 3.05) is 5.73 Å². The van der Waals surface area contributed by atoms with Crippen molar-refractivity contribution in [3.63, 3.8) is 0 Å². The lowest BCUT2D eigenvalue weighted by atomic mass is 10.1. The van der Waals surface area contributed by atoms with E-state index in [2.05, 4.69) is 10.1 Å². The Balaban J connectivity index is 1.90. The average molecular weight is 326 g/mol. The van der Waals surface area contributed by atoms with Crippen LogP contribution in [0.2, 0.25) is 0 Å². The molecule has 0 saturated heterocycles. The number of nitrogens with zero attached hydrogens (tertiary/aromatic N) is 3. The number of rotatable bonds is 4. The molecule has 0 fully saturated rings. The number of pyridine rings is 1. The largest absolute Gasteiger partial charge is 0.399 e. The summed E-state index contributed by atoms with van der Waals surface area (Å²) in [5.41, 5.74) is 6.07. The normalized spacial score (nSPS) is 13.6. The number of aryl methyl sites for hydroxylation is 1. The van der Waals surface area contributed by atoms with Gasteiger partial charge >= 0.3 is 0 Å². The van der Waals surface area contributed by atoms with Crippen LogP contribution in [0.1, 0.15) is 18.5 Å². The van der Waals surface area contributed by atoms with Crippen molar-refractivity contribution in [1.82, 2.24) is 14.7 Å². The van der Waals surface area contributed by atoms with Crippen molar-refractivity contribution >= 4 is 5.69 Å². The summed E-state index contributed by atoms with van der Waals surface area (Å²) in [5, 5.41) is 14.6. The quantitative estimate of drug-likeness (QED) is 0.707. The molecule has 0 aliphatic rings. The zero-order valence-corrected chi connectivity index (χ0v) is 13.4. The van der Waals surface area contributed by atoms with Crippen LogP contribution in [0.4, 0.5) is 5.69 Å². The molecule has 0 amide bonds. The van der Waals surface area contributed by atoms with Gasteiger partial charge in [-0.15, -0.1) is 0 Å². The molecule has 1 atom stereocenters. The van der Waals surface area contributed by atoms with Gasteiger partial charge in [0.2, 0.25) is 5.82 Å². The zero-order chi connectivity index (χ0) is 17.3. The van der Waals surface area contributed by atoms with E-state index in [-0.39, 0.29) is 18.0 Å². The lowest BCUT2D eigenvalue weighted by molar-refractivity contribution is 0.00479. The highest BCUT2D eigenvalue weighted by molar-refractivity contribution is 5.58. The topological polar surface area (TPSA) is 107 Å². The zero-order valence-electron chi connectivity index (χ0n) is 13.4. The molecule has 2 aromatic heterocycles. The molecule has 24 heavy (non-hydrogen) atoms. The fraction of sp³-hybridized carbons (Fsp3) is 0.235. The minimum Gasteiger partial charge on any atom is -0.399 e. The molecular weight excluding hydrogens is 308 g/mol. The van der Waals surface area contributed by atoms with Crippen LogP contribution >= 0.6 is 0 Å². The maximum absolute atomic E-state index is 12.0. The summed E-state index contributed by atoms with van der Waals surface area (Å²) in [5.74, 6) is 0.395. The summed E-state index contributed by atoms with van der Waals surface area (Å²) < 4.78 is 6.67. The molecule has 124 valence electrons. The van der Waals surface area contributed by atoms with Crippen LogP contribution in [0.25, 0.3) is 11.4 Å². The van der Waals surface area contributed by atoms with Crippen molar-refractivity contribution in [3.8, 4) is 11.4 Å². The summed E-state index contributed by atoms with van der Waals surface area (Å²) in [6, 6.07) is 11.9. The molecule has 7 heteroatoms. The fourth-order valence-corrected chi connectivity index (χ4v) is 2.39. The molecule has 0 aliphatic carbocycles. The first-order valence-electron chi connectivity index (χ1n) is 7.46. The van der Waals surface area contributed by atoms with Crippen molar-refractivity contribution < 1.29 is 9.63 Å². The molecule has 0 saturated carbocycles. The van der Waals surface area contributed by atoms with E-state index in [1.807, 2.05) is 0 Å². The van der Waals surface area contributed by atoms with E-state index in [4.69, 9.17) is 10.3 Å². The smallest absolute Gasteiger partial charge is 0.260 e. The Bertz CT molecular complexity index is 910. The molecule has 0 aliphatic heterocycles. The number of aliphatic hydroxyl groups is 1. The third-order valence-corrected chi connectivity index (χ3v) is 3.79. The molecule has 0 unspecified atom stereocenters. The Hall–Kier alpha value is -2.93. The van der Waals surface area contributed by atoms with Crippen LogP contribution < -0.4 is 11.3 Å². The predicted octanol–water partition coefficient (Wildman–Crippen LogP) is 1.70. The van der Waals surface area contributed by atoms with Gasteiger partial charge in [-0.3, -0.25) is 4.79 Å². The van der Waals surface area contributed by atoms with Gasteiger partial charge in [0.05, 0.1) is 6.54 Å². The highest BCUT2D eigenvalue weighted by atomic mass is 16.5. The van der Waals surface area contributed by atoms with Gasteiger partial charge < -0.3 is 19.9 Å². The first-order valence-corrected chi connectivity index (χ1v) is 7.46. The van der Waals surface area contributed by atoms with Crippen LogP contribution in [0.15, 0.2) is 51.8 Å². The number of nitrogen functional groups attached to an aromatic ring is 1. The van der Waals surface area contributed by atoms with Gasteiger partial charge in [-0.1, -0.05) is 11.2 Å². The average Bonchev–Trinajstić information content (AvgIpc) is 3.03. The first kappa shape index (κ1) is 15.9. The molecule has 3 rings (SSSR count). The van der Waals surface area contributed by atoms with Crippen molar-refractivity contribution in [2.45, 2.75) is 26.0 Å². The minimum atomic E-state index is -1.48. The Morgan fingerprint density at radius 1 is 1.25 bits per heavy atom. The summed E-state index contributed by atoms with van der Waals surface area (Å²) in [7, 11) is 0. The van der Waals surface area contributed by atoms with Gasteiger partial charge in [-0.05, 0) is 44.2 Å². The van der Waals surface area contributed by atoms with Crippen LogP contribution in [0.3, 0.4) is 0 Å². The Morgan fingerprint density at radius 3 is 2.62 bits per heavy atom. The lowest BCUT2D eigenvalue weighted by Gasteiger charge is -2.21. The number of hydrogen-bond donors (Lipinski definition) is 2. The standard InChI is InChI=1S/C17H18N4O3/c1-11-4-3-5-14(22)21(11)10-17(2,23)16-19-15(20-24-16)12-6-8-13(18)9-7-12/h3-9,23H,10,18H2,1-2H3/t17-/m1/s1. The number of benzene rings is 1. The van der Waals surface area contributed by atoms with E-state index < -0.39 is 5.60 Å². The van der Waals surface area contributed by atoms with E-state index in [1.165, 1.54) is 17.6 Å². The molecule has 1 aromatic carbocycles. The molecular formula is C17H18N4O3. The number of hydrogen-bond acceptors (Lipinski definition) is 6. The van der Waals surface area contributed by atoms with Crippen LogP contribution in [-0.2, 0) is 12.1 Å². The molecule has 2 heterocycles. The van der Waals surface area contributed by atoms with Gasteiger partial charge in [-0.25, -0.2) is 0 Å². The second kappa shape index (κ2) is 5.93. The molecule has 0 radical (unpaired) electrons. The monoisotopic (exact) mass is 326 g/mol. The van der Waals surface area contributed by atoms with Crippen LogP contribution in [0.5, 0.6) is 0 Å². The molecule has 0 bridgehead atoms. The number of aromatic nitrogens is 3. The Kier molecular flexibility index (Phi) is 3.94. The second-order valence-electron chi connectivity index (χ2n) is 5.91. The van der Waals surface area contributed by atoms with Crippen LogP contribution in [-0.4, -0.2) is 19.8 Å². The van der Waals surface area contributed by atoms with Gasteiger partial charge in [0.15, 0.2) is 5.60 Å². The predicted molar refractivity (Wildman–Crippen MR) is 89.2 cm³/mol. The van der Waals surface area contributed by atoms with Crippen molar-refractivity contribution in [1.29, 1.82) is 0 Å². The van der Waals surface area contributed by atoms with Gasteiger partial charge in [0, 0.05) is 23.0 Å². The van der Waals surface area contributed by atoms with Gasteiger partial charge in [0.1, 0.15) is 0 Å². The maximum Gasteiger partial charge on any atom is 0.260 e. The summed E-state index contributed by atoms with van der Waals surface area (Å²) in [6.45, 7) is 3.35. The highest BCUT2D eigenvalue weighted by Gasteiger charge is 2.31. The molecule has 3 aromatic rings. The fourth-order valence-electron chi connectivity index (χ4n) is 2.39. The SMILES string of the molecule is Cc1cccc(=O)n1C[C@@](C)(O)c1nc(-c2ccc(N)cc2)no1. The first-order chi connectivity index (χ1) is 11.4. The van der Waals surface area contributed by atoms with Crippen molar-refractivity contribution in [3.05, 3.63) is 64.4 Å². The van der Waals surface area contributed by atoms with Gasteiger partial charge in [-0.2, -0.15) is 4.98 Å².